The zero-order chi connectivity index (χ0) is 12.8. The van der Waals surface area contributed by atoms with Gasteiger partial charge in [-0.2, -0.15) is 0 Å². The van der Waals surface area contributed by atoms with E-state index in [0.717, 1.165) is 0 Å². The molecule has 0 bridgehead atoms. The van der Waals surface area contributed by atoms with Crippen LogP contribution in [0.2, 0.25) is 5.02 Å². The largest absolute Gasteiger partial charge is 0.398 e. The van der Waals surface area contributed by atoms with Crippen LogP contribution in [0.3, 0.4) is 0 Å². The summed E-state index contributed by atoms with van der Waals surface area (Å²) in [6.07, 6.45) is 0. The highest BCUT2D eigenvalue weighted by atomic mass is 35.5. The lowest BCUT2D eigenvalue weighted by Gasteiger charge is -2.06. The molecule has 6 nitrogen and oxygen atoms in total. The van der Waals surface area contributed by atoms with Crippen LogP contribution in [-0.2, 0) is 0 Å². The van der Waals surface area contributed by atoms with Gasteiger partial charge in [0.05, 0.1) is 10.7 Å². The molecule has 0 heterocycles. The first-order valence-corrected chi connectivity index (χ1v) is 5.25. The molecule has 0 aliphatic carbocycles. The number of hydrogen-bond donors (Lipinski definition) is 4. The average Bonchev–Trinajstić information content (AvgIpc) is 2.27. The summed E-state index contributed by atoms with van der Waals surface area (Å²) in [5.41, 5.74) is 11.2. The van der Waals surface area contributed by atoms with E-state index in [2.05, 4.69) is 10.6 Å². The van der Waals surface area contributed by atoms with Crippen LogP contribution in [0.25, 0.3) is 0 Å². The molecule has 0 aliphatic heterocycles. The van der Waals surface area contributed by atoms with Crippen molar-refractivity contribution in [3.63, 3.8) is 0 Å². The molecule has 92 valence electrons. The van der Waals surface area contributed by atoms with Crippen molar-refractivity contribution < 1.29 is 9.59 Å². The van der Waals surface area contributed by atoms with Crippen molar-refractivity contribution in [3.05, 3.63) is 28.8 Å². The molecule has 0 aliphatic rings. The molecule has 1 aromatic carbocycles. The summed E-state index contributed by atoms with van der Waals surface area (Å²) in [7, 11) is 0. The van der Waals surface area contributed by atoms with Gasteiger partial charge in [0.25, 0.3) is 5.91 Å². The fraction of sp³-hybridized carbons (Fsp3) is 0.200. The molecule has 7 heteroatoms. The Morgan fingerprint density at radius 2 is 1.88 bits per heavy atom. The van der Waals surface area contributed by atoms with E-state index in [-0.39, 0.29) is 19.0 Å². The van der Waals surface area contributed by atoms with Crippen molar-refractivity contribution in [3.8, 4) is 0 Å². The molecule has 0 unspecified atom stereocenters. The van der Waals surface area contributed by atoms with Crippen molar-refractivity contribution in [1.29, 1.82) is 0 Å². The summed E-state index contributed by atoms with van der Waals surface area (Å²) in [6.45, 7) is 0.550. The molecule has 0 atom stereocenters. The number of rotatable bonds is 4. The summed E-state index contributed by atoms with van der Waals surface area (Å²) >= 11 is 5.73. The van der Waals surface area contributed by atoms with Gasteiger partial charge in [-0.1, -0.05) is 11.6 Å². The molecule has 1 rings (SSSR count). The van der Waals surface area contributed by atoms with Gasteiger partial charge >= 0.3 is 6.03 Å². The predicted molar refractivity (Wildman–Crippen MR) is 65.8 cm³/mol. The molecule has 1 aromatic rings. The standard InChI is InChI=1S/C10H13ClN4O2/c11-7-2-1-6(5-8(7)12)9(16)14-3-4-15-10(13)17/h1-2,5H,3-4,12H2,(H,14,16)(H3,13,15,17). The monoisotopic (exact) mass is 256 g/mol. The van der Waals surface area contributed by atoms with Gasteiger partial charge in [-0.15, -0.1) is 0 Å². The lowest BCUT2D eigenvalue weighted by Crippen LogP contribution is -2.37. The second-order valence-corrected chi connectivity index (χ2v) is 3.69. The summed E-state index contributed by atoms with van der Waals surface area (Å²) in [4.78, 5) is 22.0. The minimum Gasteiger partial charge on any atom is -0.398 e. The molecule has 0 aromatic heterocycles. The quantitative estimate of drug-likeness (QED) is 0.460. The number of hydrogen-bond acceptors (Lipinski definition) is 3. The van der Waals surface area contributed by atoms with Crippen LogP contribution in [-0.4, -0.2) is 25.0 Å². The van der Waals surface area contributed by atoms with Crippen LogP contribution >= 0.6 is 11.6 Å². The molecule has 0 saturated heterocycles. The number of nitrogens with two attached hydrogens (primary N) is 2. The summed E-state index contributed by atoms with van der Waals surface area (Å²) in [5.74, 6) is -0.292. The Kier molecular flexibility index (Phi) is 4.59. The summed E-state index contributed by atoms with van der Waals surface area (Å²) in [5, 5.41) is 5.34. The van der Waals surface area contributed by atoms with Gasteiger partial charge in [-0.3, -0.25) is 4.79 Å². The van der Waals surface area contributed by atoms with Gasteiger partial charge in [0.2, 0.25) is 0 Å². The van der Waals surface area contributed by atoms with Crippen molar-refractivity contribution >= 4 is 29.2 Å². The second kappa shape index (κ2) is 5.95. The van der Waals surface area contributed by atoms with Gasteiger partial charge in [0.1, 0.15) is 0 Å². The van der Waals surface area contributed by atoms with E-state index in [0.29, 0.717) is 16.3 Å². The smallest absolute Gasteiger partial charge is 0.312 e. The first-order valence-electron chi connectivity index (χ1n) is 4.87. The molecule has 0 radical (unpaired) electrons. The number of anilines is 1. The molecule has 17 heavy (non-hydrogen) atoms. The lowest BCUT2D eigenvalue weighted by molar-refractivity contribution is 0.0954. The van der Waals surface area contributed by atoms with Crippen LogP contribution in [0.4, 0.5) is 10.5 Å². The summed E-state index contributed by atoms with van der Waals surface area (Å²) < 4.78 is 0. The van der Waals surface area contributed by atoms with E-state index in [1.54, 1.807) is 12.1 Å². The molecule has 0 fully saturated rings. The number of benzene rings is 1. The minimum absolute atomic E-state index is 0.268. The van der Waals surface area contributed by atoms with Crippen molar-refractivity contribution in [2.45, 2.75) is 0 Å². The second-order valence-electron chi connectivity index (χ2n) is 3.28. The number of urea groups is 1. The van der Waals surface area contributed by atoms with Crippen molar-refractivity contribution in [2.75, 3.05) is 18.8 Å². The van der Waals surface area contributed by atoms with Crippen molar-refractivity contribution in [1.82, 2.24) is 10.6 Å². The first kappa shape index (κ1) is 13.1. The maximum absolute atomic E-state index is 11.6. The SMILES string of the molecule is NC(=O)NCCNC(=O)c1ccc(Cl)c(N)c1. The van der Waals surface area contributed by atoms with E-state index in [4.69, 9.17) is 23.1 Å². The number of halogens is 1. The van der Waals surface area contributed by atoms with E-state index in [9.17, 15) is 9.59 Å². The van der Waals surface area contributed by atoms with E-state index >= 15 is 0 Å². The average molecular weight is 257 g/mol. The molecular weight excluding hydrogens is 244 g/mol. The third kappa shape index (κ3) is 4.20. The lowest BCUT2D eigenvalue weighted by atomic mass is 10.2. The number of carbonyl (C=O) groups excluding carboxylic acids is 2. The molecule has 0 spiro atoms. The number of nitrogens with one attached hydrogen (secondary N) is 2. The van der Waals surface area contributed by atoms with Gasteiger partial charge in [0.15, 0.2) is 0 Å². The maximum Gasteiger partial charge on any atom is 0.312 e. The summed E-state index contributed by atoms with van der Waals surface area (Å²) in [6, 6.07) is 3.97. The molecule has 6 N–H and O–H groups in total. The van der Waals surface area contributed by atoms with Gasteiger partial charge in [-0.05, 0) is 18.2 Å². The van der Waals surface area contributed by atoms with E-state index in [1.807, 2.05) is 0 Å². The van der Waals surface area contributed by atoms with Crippen LogP contribution < -0.4 is 22.1 Å². The maximum atomic E-state index is 11.6. The highest BCUT2D eigenvalue weighted by Gasteiger charge is 2.06. The van der Waals surface area contributed by atoms with Gasteiger partial charge in [-0.25, -0.2) is 4.79 Å². The molecule has 3 amide bonds. The third-order valence-electron chi connectivity index (χ3n) is 1.97. The van der Waals surface area contributed by atoms with Crippen LogP contribution in [0.15, 0.2) is 18.2 Å². The number of amides is 3. The Bertz CT molecular complexity index is 436. The van der Waals surface area contributed by atoms with Crippen LogP contribution in [0.1, 0.15) is 10.4 Å². The molecular formula is C10H13ClN4O2. The molecule has 0 saturated carbocycles. The topological polar surface area (TPSA) is 110 Å². The third-order valence-corrected chi connectivity index (χ3v) is 2.31. The number of primary amides is 1. The van der Waals surface area contributed by atoms with Crippen LogP contribution in [0.5, 0.6) is 0 Å². The predicted octanol–water partition coefficient (Wildman–Crippen LogP) is 0.320. The first-order chi connectivity index (χ1) is 8.00. The minimum atomic E-state index is -0.630. The Hall–Kier alpha value is -1.95. The van der Waals surface area contributed by atoms with Crippen LogP contribution in [0, 0.1) is 0 Å². The van der Waals surface area contributed by atoms with Crippen molar-refractivity contribution in [2.24, 2.45) is 5.73 Å². The Morgan fingerprint density at radius 3 is 2.47 bits per heavy atom. The zero-order valence-corrected chi connectivity index (χ0v) is 9.75. The fourth-order valence-electron chi connectivity index (χ4n) is 1.15. The van der Waals surface area contributed by atoms with E-state index < -0.39 is 6.03 Å². The number of carbonyl (C=O) groups is 2. The Balaban J connectivity index is 2.47. The normalized spacial score (nSPS) is 9.71. The number of nitrogen functional groups attached to an aromatic ring is 1. The van der Waals surface area contributed by atoms with E-state index in [1.165, 1.54) is 6.07 Å². The highest BCUT2D eigenvalue weighted by molar-refractivity contribution is 6.33. The Morgan fingerprint density at radius 1 is 1.24 bits per heavy atom. The fourth-order valence-corrected chi connectivity index (χ4v) is 1.27. The zero-order valence-electron chi connectivity index (χ0n) is 9.00. The van der Waals surface area contributed by atoms with Gasteiger partial charge < -0.3 is 22.1 Å². The highest BCUT2D eigenvalue weighted by Crippen LogP contribution is 2.19. The van der Waals surface area contributed by atoms with Gasteiger partial charge in [0, 0.05) is 18.7 Å². The Labute approximate surface area is 103 Å².